The van der Waals surface area contributed by atoms with Crippen LogP contribution in [0.3, 0.4) is 0 Å². The standard InChI is InChI=1S/C11H22N2S/c1-9(2)11-7-13(5-4-12-11)10-3-6-14-8-10/h9-12H,3-8H2,1-2H3/t10?,11-/m1/s1. The number of hydrogen-bond donors (Lipinski definition) is 1. The summed E-state index contributed by atoms with van der Waals surface area (Å²) in [6.07, 6.45) is 1.41. The molecule has 82 valence electrons. The first-order valence-electron chi connectivity index (χ1n) is 5.82. The second-order valence-electron chi connectivity index (χ2n) is 4.82. The molecular weight excluding hydrogens is 192 g/mol. The van der Waals surface area contributed by atoms with E-state index in [1.165, 1.54) is 37.6 Å². The SMILES string of the molecule is CC(C)[C@H]1CN(C2CCSC2)CCN1. The Balaban J connectivity index is 1.86. The summed E-state index contributed by atoms with van der Waals surface area (Å²) in [7, 11) is 0. The molecule has 0 aromatic carbocycles. The highest BCUT2D eigenvalue weighted by Gasteiger charge is 2.28. The van der Waals surface area contributed by atoms with Crippen LogP contribution in [-0.4, -0.2) is 48.1 Å². The van der Waals surface area contributed by atoms with E-state index in [2.05, 4.69) is 35.8 Å². The fraction of sp³-hybridized carbons (Fsp3) is 1.00. The number of piperazine rings is 1. The average molecular weight is 214 g/mol. The van der Waals surface area contributed by atoms with Gasteiger partial charge in [0, 0.05) is 37.5 Å². The summed E-state index contributed by atoms with van der Waals surface area (Å²) in [4.78, 5) is 2.71. The zero-order valence-electron chi connectivity index (χ0n) is 9.33. The smallest absolute Gasteiger partial charge is 0.0218 e. The molecule has 2 nitrogen and oxygen atoms in total. The third kappa shape index (κ3) is 2.44. The summed E-state index contributed by atoms with van der Waals surface area (Å²) in [6.45, 7) is 8.36. The van der Waals surface area contributed by atoms with Crippen LogP contribution in [0.25, 0.3) is 0 Å². The summed E-state index contributed by atoms with van der Waals surface area (Å²) < 4.78 is 0. The summed E-state index contributed by atoms with van der Waals surface area (Å²) in [5.41, 5.74) is 0. The topological polar surface area (TPSA) is 15.3 Å². The van der Waals surface area contributed by atoms with E-state index in [9.17, 15) is 0 Å². The lowest BCUT2D eigenvalue weighted by atomic mass is 10.0. The van der Waals surface area contributed by atoms with Crippen LogP contribution in [0.15, 0.2) is 0 Å². The first-order valence-corrected chi connectivity index (χ1v) is 6.98. The summed E-state index contributed by atoms with van der Waals surface area (Å²) in [5.74, 6) is 3.51. The van der Waals surface area contributed by atoms with Gasteiger partial charge in [0.1, 0.15) is 0 Å². The van der Waals surface area contributed by atoms with Crippen LogP contribution in [0, 0.1) is 5.92 Å². The Morgan fingerprint density at radius 1 is 1.43 bits per heavy atom. The number of rotatable bonds is 2. The minimum absolute atomic E-state index is 0.717. The highest BCUT2D eigenvalue weighted by atomic mass is 32.2. The second-order valence-corrected chi connectivity index (χ2v) is 5.97. The van der Waals surface area contributed by atoms with Crippen LogP contribution in [0.4, 0.5) is 0 Å². The number of thioether (sulfide) groups is 1. The van der Waals surface area contributed by atoms with Crippen LogP contribution in [-0.2, 0) is 0 Å². The third-order valence-electron chi connectivity index (χ3n) is 3.46. The Bertz CT molecular complexity index is 178. The molecular formula is C11H22N2S. The molecule has 1 N–H and O–H groups in total. The van der Waals surface area contributed by atoms with Crippen LogP contribution >= 0.6 is 11.8 Å². The molecule has 0 radical (unpaired) electrons. The van der Waals surface area contributed by atoms with E-state index in [1.54, 1.807) is 0 Å². The van der Waals surface area contributed by atoms with Gasteiger partial charge in [-0.1, -0.05) is 13.8 Å². The van der Waals surface area contributed by atoms with Crippen LogP contribution in [0.2, 0.25) is 0 Å². The van der Waals surface area contributed by atoms with Crippen LogP contribution in [0.1, 0.15) is 20.3 Å². The van der Waals surface area contributed by atoms with E-state index >= 15 is 0 Å². The molecule has 0 amide bonds. The van der Waals surface area contributed by atoms with E-state index in [4.69, 9.17) is 0 Å². The lowest BCUT2D eigenvalue weighted by molar-refractivity contribution is 0.137. The maximum Gasteiger partial charge on any atom is 0.0218 e. The normalized spacial score (nSPS) is 35.4. The summed E-state index contributed by atoms with van der Waals surface area (Å²) >= 11 is 2.12. The Labute approximate surface area is 91.8 Å². The van der Waals surface area contributed by atoms with E-state index in [0.717, 1.165) is 12.0 Å². The quantitative estimate of drug-likeness (QED) is 0.748. The monoisotopic (exact) mass is 214 g/mol. The number of nitrogens with zero attached hydrogens (tertiary/aromatic N) is 1. The van der Waals surface area contributed by atoms with Crippen molar-refractivity contribution in [2.45, 2.75) is 32.4 Å². The summed E-state index contributed by atoms with van der Waals surface area (Å²) in [6, 6.07) is 1.60. The van der Waals surface area contributed by atoms with Gasteiger partial charge in [-0.25, -0.2) is 0 Å². The zero-order valence-corrected chi connectivity index (χ0v) is 10.1. The minimum Gasteiger partial charge on any atom is -0.311 e. The predicted octanol–water partition coefficient (Wildman–Crippen LogP) is 1.42. The molecule has 0 aromatic heterocycles. The molecule has 14 heavy (non-hydrogen) atoms. The molecule has 0 aromatic rings. The average Bonchev–Trinajstić information content (AvgIpc) is 2.71. The largest absolute Gasteiger partial charge is 0.311 e. The van der Waals surface area contributed by atoms with Crippen molar-refractivity contribution in [2.24, 2.45) is 5.92 Å². The highest BCUT2D eigenvalue weighted by molar-refractivity contribution is 7.99. The fourth-order valence-corrected chi connectivity index (χ4v) is 3.65. The van der Waals surface area contributed by atoms with Crippen molar-refractivity contribution in [3.63, 3.8) is 0 Å². The molecule has 2 saturated heterocycles. The molecule has 2 heterocycles. The van der Waals surface area contributed by atoms with Crippen molar-refractivity contribution < 1.29 is 0 Å². The maximum absolute atomic E-state index is 3.62. The second kappa shape index (κ2) is 4.86. The fourth-order valence-electron chi connectivity index (χ4n) is 2.39. The van der Waals surface area contributed by atoms with Gasteiger partial charge in [0.25, 0.3) is 0 Å². The molecule has 0 bridgehead atoms. The van der Waals surface area contributed by atoms with Gasteiger partial charge in [-0.3, -0.25) is 4.90 Å². The molecule has 3 heteroatoms. The van der Waals surface area contributed by atoms with E-state index in [0.29, 0.717) is 6.04 Å². The van der Waals surface area contributed by atoms with Gasteiger partial charge in [0.05, 0.1) is 0 Å². The Morgan fingerprint density at radius 3 is 2.93 bits per heavy atom. The van der Waals surface area contributed by atoms with Gasteiger partial charge in [0.15, 0.2) is 0 Å². The van der Waals surface area contributed by atoms with E-state index < -0.39 is 0 Å². The lowest BCUT2D eigenvalue weighted by Crippen LogP contribution is -2.55. The van der Waals surface area contributed by atoms with E-state index in [1.807, 2.05) is 0 Å². The van der Waals surface area contributed by atoms with Gasteiger partial charge < -0.3 is 5.32 Å². The molecule has 2 rings (SSSR count). The van der Waals surface area contributed by atoms with Gasteiger partial charge in [-0.2, -0.15) is 11.8 Å². The van der Waals surface area contributed by atoms with Gasteiger partial charge in [-0.15, -0.1) is 0 Å². The van der Waals surface area contributed by atoms with Gasteiger partial charge in [0.2, 0.25) is 0 Å². The van der Waals surface area contributed by atoms with Crippen molar-refractivity contribution in [1.82, 2.24) is 10.2 Å². The summed E-state index contributed by atoms with van der Waals surface area (Å²) in [5, 5.41) is 3.62. The first kappa shape index (κ1) is 10.8. The molecule has 2 aliphatic heterocycles. The van der Waals surface area contributed by atoms with Gasteiger partial charge >= 0.3 is 0 Å². The number of hydrogen-bond acceptors (Lipinski definition) is 3. The van der Waals surface area contributed by atoms with Crippen molar-refractivity contribution in [3.8, 4) is 0 Å². The minimum atomic E-state index is 0.717. The molecule has 0 aliphatic carbocycles. The van der Waals surface area contributed by atoms with Crippen molar-refractivity contribution in [1.29, 1.82) is 0 Å². The lowest BCUT2D eigenvalue weighted by Gasteiger charge is -2.38. The predicted molar refractivity (Wildman–Crippen MR) is 63.9 cm³/mol. The molecule has 2 atom stereocenters. The van der Waals surface area contributed by atoms with E-state index in [-0.39, 0.29) is 0 Å². The Kier molecular flexibility index (Phi) is 3.74. The van der Waals surface area contributed by atoms with Crippen molar-refractivity contribution in [2.75, 3.05) is 31.1 Å². The zero-order chi connectivity index (χ0) is 9.97. The number of nitrogens with one attached hydrogen (secondary N) is 1. The molecule has 2 fully saturated rings. The van der Waals surface area contributed by atoms with Crippen LogP contribution < -0.4 is 5.32 Å². The Hall–Kier alpha value is 0.270. The van der Waals surface area contributed by atoms with Crippen molar-refractivity contribution >= 4 is 11.8 Å². The third-order valence-corrected chi connectivity index (χ3v) is 4.61. The highest BCUT2D eigenvalue weighted by Crippen LogP contribution is 2.23. The molecule has 2 aliphatic rings. The van der Waals surface area contributed by atoms with Gasteiger partial charge in [-0.05, 0) is 18.1 Å². The molecule has 1 unspecified atom stereocenters. The van der Waals surface area contributed by atoms with Crippen molar-refractivity contribution in [3.05, 3.63) is 0 Å². The first-order chi connectivity index (χ1) is 6.77. The van der Waals surface area contributed by atoms with Crippen LogP contribution in [0.5, 0.6) is 0 Å². The molecule has 0 saturated carbocycles. The molecule has 0 spiro atoms. The Morgan fingerprint density at radius 2 is 2.29 bits per heavy atom. The maximum atomic E-state index is 3.62.